The molecule has 0 radical (unpaired) electrons. The van der Waals surface area contributed by atoms with Crippen LogP contribution in [0, 0.1) is 13.8 Å². The Kier molecular flexibility index (Phi) is 6.41. The molecule has 8 heteroatoms. The quantitative estimate of drug-likeness (QED) is 0.623. The molecule has 2 aromatic rings. The predicted molar refractivity (Wildman–Crippen MR) is 94.9 cm³/mol. The molecule has 0 aliphatic heterocycles. The Morgan fingerprint density at radius 2 is 2.00 bits per heavy atom. The zero-order valence-electron chi connectivity index (χ0n) is 14.4. The summed E-state index contributed by atoms with van der Waals surface area (Å²) in [6.45, 7) is 4.90. The van der Waals surface area contributed by atoms with Gasteiger partial charge in [-0.15, -0.1) is 11.3 Å². The number of guanidine groups is 1. The van der Waals surface area contributed by atoms with Crippen LogP contribution in [-0.4, -0.2) is 24.5 Å². The van der Waals surface area contributed by atoms with Crippen molar-refractivity contribution >= 4 is 17.3 Å². The van der Waals surface area contributed by atoms with Crippen LogP contribution >= 0.6 is 11.3 Å². The summed E-state index contributed by atoms with van der Waals surface area (Å²) >= 11 is 1.67. The van der Waals surface area contributed by atoms with Crippen molar-refractivity contribution in [1.29, 1.82) is 0 Å². The number of halogens is 3. The van der Waals surface area contributed by atoms with Gasteiger partial charge in [-0.1, -0.05) is 12.1 Å². The number of rotatable bonds is 5. The lowest BCUT2D eigenvalue weighted by Crippen LogP contribution is -2.37. The van der Waals surface area contributed by atoms with E-state index in [4.69, 9.17) is 0 Å². The lowest BCUT2D eigenvalue weighted by Gasteiger charge is -2.13. The maximum Gasteiger partial charge on any atom is 0.416 e. The number of thiazole rings is 1. The minimum atomic E-state index is -4.33. The van der Waals surface area contributed by atoms with Gasteiger partial charge in [0.05, 0.1) is 16.3 Å². The summed E-state index contributed by atoms with van der Waals surface area (Å²) in [5, 5.41) is 7.24. The highest BCUT2D eigenvalue weighted by Gasteiger charge is 2.30. The van der Waals surface area contributed by atoms with Gasteiger partial charge in [0.1, 0.15) is 0 Å². The molecule has 1 aromatic heterocycles. The van der Waals surface area contributed by atoms with Gasteiger partial charge >= 0.3 is 6.18 Å². The molecule has 0 amide bonds. The van der Waals surface area contributed by atoms with Gasteiger partial charge in [0, 0.05) is 31.4 Å². The molecule has 0 unspecified atom stereocenters. The van der Waals surface area contributed by atoms with Crippen LogP contribution in [0.2, 0.25) is 0 Å². The third kappa shape index (κ3) is 5.74. The molecule has 2 rings (SSSR count). The molecule has 0 saturated heterocycles. The van der Waals surface area contributed by atoms with Gasteiger partial charge in [-0.2, -0.15) is 13.2 Å². The molecule has 25 heavy (non-hydrogen) atoms. The minimum absolute atomic E-state index is 0.266. The second-order valence-corrected chi connectivity index (χ2v) is 6.83. The van der Waals surface area contributed by atoms with Crippen LogP contribution in [0.5, 0.6) is 0 Å². The summed E-state index contributed by atoms with van der Waals surface area (Å²) in [6, 6.07) is 5.27. The van der Waals surface area contributed by atoms with E-state index in [-0.39, 0.29) is 6.54 Å². The van der Waals surface area contributed by atoms with Crippen molar-refractivity contribution in [3.8, 4) is 0 Å². The molecular formula is C17H21F3N4S. The first-order valence-electron chi connectivity index (χ1n) is 7.83. The fraction of sp³-hybridized carbons (Fsp3) is 0.412. The molecule has 1 heterocycles. The van der Waals surface area contributed by atoms with E-state index in [1.54, 1.807) is 24.5 Å². The van der Waals surface area contributed by atoms with Crippen LogP contribution in [-0.2, 0) is 19.1 Å². The first-order valence-corrected chi connectivity index (χ1v) is 8.65. The second-order valence-electron chi connectivity index (χ2n) is 5.54. The van der Waals surface area contributed by atoms with Crippen LogP contribution < -0.4 is 10.6 Å². The molecule has 0 saturated carbocycles. The van der Waals surface area contributed by atoms with Crippen LogP contribution in [0.4, 0.5) is 13.2 Å². The molecular weight excluding hydrogens is 349 g/mol. The van der Waals surface area contributed by atoms with E-state index in [0.29, 0.717) is 18.1 Å². The molecule has 1 aromatic carbocycles. The van der Waals surface area contributed by atoms with Crippen molar-refractivity contribution in [2.75, 3.05) is 13.6 Å². The molecule has 0 aliphatic carbocycles. The van der Waals surface area contributed by atoms with Crippen molar-refractivity contribution in [2.24, 2.45) is 4.99 Å². The lowest BCUT2D eigenvalue weighted by atomic mass is 10.1. The van der Waals surface area contributed by atoms with Gasteiger partial charge in [0.2, 0.25) is 0 Å². The monoisotopic (exact) mass is 370 g/mol. The third-order valence-corrected chi connectivity index (χ3v) is 4.71. The predicted octanol–water partition coefficient (Wildman–Crippen LogP) is 3.69. The highest BCUT2D eigenvalue weighted by atomic mass is 32.1. The Morgan fingerprint density at radius 1 is 1.24 bits per heavy atom. The van der Waals surface area contributed by atoms with E-state index in [1.807, 2.05) is 13.8 Å². The van der Waals surface area contributed by atoms with Crippen molar-refractivity contribution in [1.82, 2.24) is 15.6 Å². The summed E-state index contributed by atoms with van der Waals surface area (Å²) < 4.78 is 38.2. The zero-order valence-corrected chi connectivity index (χ0v) is 15.2. The normalized spacial score (nSPS) is 12.3. The highest BCUT2D eigenvalue weighted by molar-refractivity contribution is 7.11. The van der Waals surface area contributed by atoms with Gasteiger partial charge < -0.3 is 10.6 Å². The smallest absolute Gasteiger partial charge is 0.356 e. The van der Waals surface area contributed by atoms with Gasteiger partial charge in [-0.05, 0) is 31.5 Å². The number of benzene rings is 1. The number of hydrogen-bond donors (Lipinski definition) is 2. The summed E-state index contributed by atoms with van der Waals surface area (Å²) in [5.74, 6) is 0.552. The second kappa shape index (κ2) is 8.33. The molecule has 4 nitrogen and oxygen atoms in total. The fourth-order valence-corrected chi connectivity index (χ4v) is 3.30. The van der Waals surface area contributed by atoms with Crippen molar-refractivity contribution in [3.05, 3.63) is 51.0 Å². The Morgan fingerprint density at radius 3 is 2.60 bits per heavy atom. The largest absolute Gasteiger partial charge is 0.416 e. The highest BCUT2D eigenvalue weighted by Crippen LogP contribution is 2.29. The average Bonchev–Trinajstić information content (AvgIpc) is 2.87. The van der Waals surface area contributed by atoms with Gasteiger partial charge in [0.25, 0.3) is 0 Å². The van der Waals surface area contributed by atoms with Crippen LogP contribution in [0.1, 0.15) is 26.7 Å². The van der Waals surface area contributed by atoms with E-state index in [2.05, 4.69) is 20.6 Å². The van der Waals surface area contributed by atoms with Crippen molar-refractivity contribution in [3.63, 3.8) is 0 Å². The Balaban J connectivity index is 1.85. The fourth-order valence-electron chi connectivity index (χ4n) is 2.36. The van der Waals surface area contributed by atoms with E-state index in [1.165, 1.54) is 10.9 Å². The topological polar surface area (TPSA) is 49.3 Å². The van der Waals surface area contributed by atoms with Crippen LogP contribution in [0.25, 0.3) is 0 Å². The number of nitrogens with zero attached hydrogens (tertiary/aromatic N) is 2. The van der Waals surface area contributed by atoms with Gasteiger partial charge in [0.15, 0.2) is 5.96 Å². The molecule has 0 atom stereocenters. The average molecular weight is 370 g/mol. The molecule has 2 N–H and O–H groups in total. The molecule has 0 aliphatic rings. The van der Waals surface area contributed by atoms with E-state index in [0.717, 1.165) is 29.3 Å². The number of alkyl halides is 3. The van der Waals surface area contributed by atoms with E-state index in [9.17, 15) is 13.2 Å². The Bertz CT molecular complexity index is 738. The Hall–Kier alpha value is -2.09. The van der Waals surface area contributed by atoms with Gasteiger partial charge in [-0.25, -0.2) is 4.98 Å². The molecule has 0 spiro atoms. The van der Waals surface area contributed by atoms with Gasteiger partial charge in [-0.3, -0.25) is 4.99 Å². The summed E-state index contributed by atoms with van der Waals surface area (Å²) in [5.41, 5.74) is 0.939. The molecule has 0 fully saturated rings. The van der Waals surface area contributed by atoms with Crippen LogP contribution in [0.15, 0.2) is 29.3 Å². The number of aliphatic imine (C=N–C) groups is 1. The standard InChI is InChI=1S/C17H21F3N4S/c1-11-15(25-12(2)24-11)7-8-22-16(21-3)23-10-13-5-4-6-14(9-13)17(18,19)20/h4-6,9H,7-8,10H2,1-3H3,(H2,21,22,23). The third-order valence-electron chi connectivity index (χ3n) is 3.58. The Labute approximate surface area is 149 Å². The summed E-state index contributed by atoms with van der Waals surface area (Å²) in [7, 11) is 1.63. The maximum atomic E-state index is 12.7. The minimum Gasteiger partial charge on any atom is -0.356 e. The van der Waals surface area contributed by atoms with E-state index < -0.39 is 11.7 Å². The summed E-state index contributed by atoms with van der Waals surface area (Å²) in [6.07, 6.45) is -3.51. The number of aryl methyl sites for hydroxylation is 2. The SMILES string of the molecule is CN=C(NCCc1sc(C)nc1C)NCc1cccc(C(F)(F)F)c1. The first-order chi connectivity index (χ1) is 11.8. The first kappa shape index (κ1) is 19.2. The molecule has 136 valence electrons. The van der Waals surface area contributed by atoms with E-state index >= 15 is 0 Å². The van der Waals surface area contributed by atoms with Crippen molar-refractivity contribution in [2.45, 2.75) is 33.0 Å². The van der Waals surface area contributed by atoms with Crippen LogP contribution in [0.3, 0.4) is 0 Å². The number of aromatic nitrogens is 1. The zero-order chi connectivity index (χ0) is 18.4. The number of hydrogen-bond acceptors (Lipinski definition) is 3. The summed E-state index contributed by atoms with van der Waals surface area (Å²) in [4.78, 5) is 9.70. The van der Waals surface area contributed by atoms with Crippen molar-refractivity contribution < 1.29 is 13.2 Å². The maximum absolute atomic E-state index is 12.7. The lowest BCUT2D eigenvalue weighted by molar-refractivity contribution is -0.137. The molecule has 0 bridgehead atoms. The number of nitrogens with one attached hydrogen (secondary N) is 2.